The van der Waals surface area contributed by atoms with E-state index in [4.69, 9.17) is 5.21 Å². The molecule has 0 aromatic heterocycles. The lowest BCUT2D eigenvalue weighted by atomic mass is 10.00. The van der Waals surface area contributed by atoms with Crippen molar-refractivity contribution in [3.05, 3.63) is 29.3 Å². The van der Waals surface area contributed by atoms with E-state index in [0.29, 0.717) is 30.1 Å². The molecule has 1 atom stereocenters. The highest BCUT2D eigenvalue weighted by atomic mass is 32.2. The third kappa shape index (κ3) is 2.58. The quantitative estimate of drug-likeness (QED) is 0.671. The summed E-state index contributed by atoms with van der Waals surface area (Å²) in [6.07, 6.45) is 3.61. The van der Waals surface area contributed by atoms with Crippen LogP contribution in [0.15, 0.2) is 28.3 Å². The fraction of sp³-hybridized carbons (Fsp3) is 0.533. The Kier molecular flexibility index (Phi) is 3.75. The molecule has 21 heavy (non-hydrogen) atoms. The van der Waals surface area contributed by atoms with E-state index >= 15 is 0 Å². The van der Waals surface area contributed by atoms with E-state index in [-0.39, 0.29) is 5.92 Å². The summed E-state index contributed by atoms with van der Waals surface area (Å²) in [6, 6.07) is 5.50. The van der Waals surface area contributed by atoms with E-state index in [1.54, 1.807) is 6.07 Å². The molecule has 1 N–H and O–H groups in total. The van der Waals surface area contributed by atoms with Gasteiger partial charge in [-0.3, -0.25) is 0 Å². The Bertz CT molecular complexity index is 682. The van der Waals surface area contributed by atoms with Crippen LogP contribution >= 0.6 is 0 Å². The standard InChI is InChI=1S/C15H20N2O3S/c1-11-10-17(8-7-15(11)16-18)21(19,20)14-6-5-12-3-2-4-13(12)9-14/h5-6,9,11,18H,2-4,7-8,10H2,1H3/b16-15+. The smallest absolute Gasteiger partial charge is 0.243 e. The van der Waals surface area contributed by atoms with Crippen LogP contribution in [0.4, 0.5) is 0 Å². The van der Waals surface area contributed by atoms with Crippen LogP contribution < -0.4 is 0 Å². The molecule has 1 aliphatic heterocycles. The van der Waals surface area contributed by atoms with Crippen molar-refractivity contribution in [3.63, 3.8) is 0 Å². The zero-order valence-corrected chi connectivity index (χ0v) is 12.9. The Morgan fingerprint density at radius 1 is 1.24 bits per heavy atom. The minimum Gasteiger partial charge on any atom is -0.411 e. The lowest BCUT2D eigenvalue weighted by molar-refractivity contribution is 0.300. The summed E-state index contributed by atoms with van der Waals surface area (Å²) in [4.78, 5) is 0.389. The predicted octanol–water partition coefficient (Wildman–Crippen LogP) is 2.04. The maximum absolute atomic E-state index is 12.8. The number of nitrogens with zero attached hydrogens (tertiary/aromatic N) is 2. The van der Waals surface area contributed by atoms with Crippen molar-refractivity contribution in [2.75, 3.05) is 13.1 Å². The number of oxime groups is 1. The summed E-state index contributed by atoms with van der Waals surface area (Å²) in [7, 11) is -3.45. The van der Waals surface area contributed by atoms with Crippen LogP contribution in [0.1, 0.15) is 30.9 Å². The van der Waals surface area contributed by atoms with Crippen LogP contribution in [0.5, 0.6) is 0 Å². The Labute approximate surface area is 125 Å². The molecule has 0 radical (unpaired) electrons. The Morgan fingerprint density at radius 2 is 2.00 bits per heavy atom. The van der Waals surface area contributed by atoms with Gasteiger partial charge < -0.3 is 5.21 Å². The third-order valence-electron chi connectivity index (χ3n) is 4.50. The second-order valence-corrected chi connectivity index (χ2v) is 7.83. The van der Waals surface area contributed by atoms with Crippen LogP contribution in [0, 0.1) is 5.92 Å². The van der Waals surface area contributed by atoms with Gasteiger partial charge in [-0.1, -0.05) is 18.1 Å². The summed E-state index contributed by atoms with van der Waals surface area (Å²) in [5.41, 5.74) is 3.12. The van der Waals surface area contributed by atoms with Crippen LogP contribution in [0.3, 0.4) is 0 Å². The molecule has 3 rings (SSSR count). The summed E-state index contributed by atoms with van der Waals surface area (Å²) in [6.45, 7) is 2.64. The van der Waals surface area contributed by atoms with Crippen molar-refractivity contribution in [3.8, 4) is 0 Å². The van der Waals surface area contributed by atoms with E-state index in [9.17, 15) is 8.42 Å². The van der Waals surface area contributed by atoms with Gasteiger partial charge in [0.2, 0.25) is 10.0 Å². The maximum Gasteiger partial charge on any atom is 0.243 e. The first kappa shape index (κ1) is 14.5. The largest absolute Gasteiger partial charge is 0.411 e. The van der Waals surface area contributed by atoms with E-state index in [2.05, 4.69) is 5.16 Å². The van der Waals surface area contributed by atoms with Crippen molar-refractivity contribution < 1.29 is 13.6 Å². The van der Waals surface area contributed by atoms with Gasteiger partial charge in [-0.05, 0) is 42.5 Å². The van der Waals surface area contributed by atoms with Gasteiger partial charge in [0, 0.05) is 25.4 Å². The molecule has 6 heteroatoms. The van der Waals surface area contributed by atoms with Gasteiger partial charge in [0.1, 0.15) is 0 Å². The van der Waals surface area contributed by atoms with Gasteiger partial charge in [0.15, 0.2) is 0 Å². The molecule has 0 bridgehead atoms. The van der Waals surface area contributed by atoms with Crippen molar-refractivity contribution in [1.82, 2.24) is 4.31 Å². The topological polar surface area (TPSA) is 70.0 Å². The zero-order chi connectivity index (χ0) is 15.0. The second kappa shape index (κ2) is 5.42. The number of hydrogen-bond acceptors (Lipinski definition) is 4. The molecule has 1 heterocycles. The van der Waals surface area contributed by atoms with Crippen molar-refractivity contribution in [1.29, 1.82) is 0 Å². The molecule has 1 aliphatic carbocycles. The molecule has 0 spiro atoms. The molecule has 1 aromatic rings. The predicted molar refractivity (Wildman–Crippen MR) is 80.2 cm³/mol. The Hall–Kier alpha value is -1.40. The maximum atomic E-state index is 12.8. The minimum absolute atomic E-state index is 0.0482. The third-order valence-corrected chi connectivity index (χ3v) is 6.36. The normalized spacial score (nSPS) is 25.2. The van der Waals surface area contributed by atoms with Gasteiger partial charge in [0.25, 0.3) is 0 Å². The molecule has 0 amide bonds. The highest BCUT2D eigenvalue weighted by Gasteiger charge is 2.32. The lowest BCUT2D eigenvalue weighted by Crippen LogP contribution is -2.43. The van der Waals surface area contributed by atoms with Crippen molar-refractivity contribution in [2.24, 2.45) is 11.1 Å². The number of sulfonamides is 1. The molecule has 0 saturated carbocycles. The van der Waals surface area contributed by atoms with Crippen LogP contribution in [0.2, 0.25) is 0 Å². The van der Waals surface area contributed by atoms with Crippen LogP contribution in [-0.2, 0) is 22.9 Å². The van der Waals surface area contributed by atoms with Crippen LogP contribution in [0.25, 0.3) is 0 Å². The van der Waals surface area contributed by atoms with E-state index in [0.717, 1.165) is 19.3 Å². The highest BCUT2D eigenvalue weighted by molar-refractivity contribution is 7.89. The van der Waals surface area contributed by atoms with E-state index in [1.807, 2.05) is 19.1 Å². The minimum atomic E-state index is -3.45. The molecule has 1 saturated heterocycles. The second-order valence-electron chi connectivity index (χ2n) is 5.89. The van der Waals surface area contributed by atoms with Gasteiger partial charge >= 0.3 is 0 Å². The molecule has 114 valence electrons. The van der Waals surface area contributed by atoms with Crippen LogP contribution in [-0.4, -0.2) is 36.7 Å². The first-order chi connectivity index (χ1) is 10.0. The van der Waals surface area contributed by atoms with Gasteiger partial charge in [-0.15, -0.1) is 0 Å². The summed E-state index contributed by atoms with van der Waals surface area (Å²) in [5.74, 6) is -0.0482. The first-order valence-electron chi connectivity index (χ1n) is 7.35. The molecular weight excluding hydrogens is 288 g/mol. The number of hydrogen-bond donors (Lipinski definition) is 1. The van der Waals surface area contributed by atoms with Gasteiger partial charge in [-0.2, -0.15) is 4.31 Å². The summed E-state index contributed by atoms with van der Waals surface area (Å²) in [5, 5.41) is 12.2. The number of piperidine rings is 1. The average Bonchev–Trinajstić information content (AvgIpc) is 2.94. The zero-order valence-electron chi connectivity index (χ0n) is 12.1. The molecule has 1 unspecified atom stereocenters. The average molecular weight is 308 g/mol. The first-order valence-corrected chi connectivity index (χ1v) is 8.79. The molecule has 5 nitrogen and oxygen atoms in total. The monoisotopic (exact) mass is 308 g/mol. The molecular formula is C15H20N2O3S. The van der Waals surface area contributed by atoms with Crippen molar-refractivity contribution >= 4 is 15.7 Å². The molecule has 1 fully saturated rings. The number of rotatable bonds is 2. The van der Waals surface area contributed by atoms with E-state index in [1.165, 1.54) is 15.4 Å². The summed E-state index contributed by atoms with van der Waals surface area (Å²) < 4.78 is 27.0. The molecule has 2 aliphatic rings. The van der Waals surface area contributed by atoms with Gasteiger partial charge in [0.05, 0.1) is 10.6 Å². The van der Waals surface area contributed by atoms with Crippen molar-refractivity contribution in [2.45, 2.75) is 37.5 Å². The summed E-state index contributed by atoms with van der Waals surface area (Å²) >= 11 is 0. The van der Waals surface area contributed by atoms with Gasteiger partial charge in [-0.25, -0.2) is 8.42 Å². The highest BCUT2D eigenvalue weighted by Crippen LogP contribution is 2.28. The number of fused-ring (bicyclic) bond motifs is 1. The fourth-order valence-electron chi connectivity index (χ4n) is 3.21. The number of benzene rings is 1. The SMILES string of the molecule is CC1CN(S(=O)(=O)c2ccc3c(c2)CCC3)CC/C1=N\O. The number of aryl methyl sites for hydroxylation is 2. The fourth-order valence-corrected chi connectivity index (χ4v) is 4.79. The van der Waals surface area contributed by atoms with E-state index < -0.39 is 10.0 Å². The Balaban J connectivity index is 1.87. The lowest BCUT2D eigenvalue weighted by Gasteiger charge is -2.30. The Morgan fingerprint density at radius 3 is 2.71 bits per heavy atom. The molecule has 1 aromatic carbocycles.